The molecule has 3 N–H and O–H groups in total. The van der Waals surface area contributed by atoms with Gasteiger partial charge in [-0.25, -0.2) is 4.57 Å². The zero-order valence-electron chi connectivity index (χ0n) is 55.3. The molecule has 2 unspecified atom stereocenters. The summed E-state index contributed by atoms with van der Waals surface area (Å²) in [5, 5.41) is 0. The second-order valence-corrected chi connectivity index (χ2v) is 25.2. The normalized spacial score (nSPS) is 13.5. The molecule has 0 aliphatic heterocycles. The summed E-state index contributed by atoms with van der Waals surface area (Å²) in [6.07, 6.45) is 95.2. The van der Waals surface area contributed by atoms with Crippen LogP contribution in [0.1, 0.15) is 335 Å². The molecule has 0 heterocycles. The summed E-state index contributed by atoms with van der Waals surface area (Å²) in [5.74, 6) is -0.843. The Labute approximate surface area is 525 Å². The number of hydrogen-bond donors (Lipinski definition) is 2. The average Bonchev–Trinajstić information content (AvgIpc) is 3.53. The summed E-state index contributed by atoms with van der Waals surface area (Å²) >= 11 is 0. The van der Waals surface area contributed by atoms with Crippen molar-refractivity contribution in [2.75, 3.05) is 26.4 Å². The molecule has 2 atom stereocenters. The average molecular weight is 1210 g/mol. The number of esters is 2. The second-order valence-electron chi connectivity index (χ2n) is 23.7. The minimum Gasteiger partial charge on any atom is -0.462 e. The Kier molecular flexibility index (Phi) is 67.5. The number of phosphoric acid groups is 1. The van der Waals surface area contributed by atoms with E-state index in [-0.39, 0.29) is 38.6 Å². The fraction of sp³-hybridized carbons (Fsp3) is 0.760. The van der Waals surface area contributed by atoms with Gasteiger partial charge in [-0.1, -0.05) is 323 Å². The molecule has 0 aliphatic rings. The van der Waals surface area contributed by atoms with Crippen LogP contribution in [0.25, 0.3) is 0 Å². The van der Waals surface area contributed by atoms with Crippen molar-refractivity contribution in [2.45, 2.75) is 341 Å². The number of phosphoric ester groups is 1. The highest BCUT2D eigenvalue weighted by atomic mass is 31.2. The van der Waals surface area contributed by atoms with Crippen molar-refractivity contribution in [3.05, 3.63) is 97.2 Å². The molecule has 10 heteroatoms. The van der Waals surface area contributed by atoms with Crippen molar-refractivity contribution < 1.29 is 37.6 Å². The second kappa shape index (κ2) is 70.0. The maximum absolute atomic E-state index is 12.7. The van der Waals surface area contributed by atoms with E-state index in [1.54, 1.807) is 0 Å². The molecular weight excluding hydrogens is 1070 g/mol. The largest absolute Gasteiger partial charge is 0.472 e. The standard InChI is InChI=1S/C75H134NO8P/c1-3-5-7-9-11-13-15-17-19-21-23-25-27-29-31-32-33-34-35-36-37-38-39-40-42-43-45-47-49-51-53-55-57-59-61-63-65-67-74(77)81-71-73(72-83-85(79,80)82-70-69-76)84-75(78)68-66-64-62-60-58-56-54-52-50-48-46-44-41-30-28-26-24-22-20-18-16-14-12-10-8-6-4-2/h6,8,12,14,18,20-21,23-24,26,30,41,46,48,52,54,73H,3-5,7,9-11,13,15-17,19,22,25,27-29,31-40,42-45,47,49-51,53,55-72,76H2,1-2H3,(H,79,80)/b8-6-,14-12-,20-18-,23-21-,26-24-,41-30-,48-46-,54-52-. The van der Waals surface area contributed by atoms with E-state index in [9.17, 15) is 19.0 Å². The maximum Gasteiger partial charge on any atom is 0.472 e. The predicted molar refractivity (Wildman–Crippen MR) is 367 cm³/mol. The zero-order chi connectivity index (χ0) is 61.6. The lowest BCUT2D eigenvalue weighted by Gasteiger charge is -2.19. The summed E-state index contributed by atoms with van der Waals surface area (Å²) in [4.78, 5) is 35.3. The van der Waals surface area contributed by atoms with Crippen LogP contribution in [0.5, 0.6) is 0 Å². The van der Waals surface area contributed by atoms with E-state index >= 15 is 0 Å². The van der Waals surface area contributed by atoms with Gasteiger partial charge in [0.15, 0.2) is 6.10 Å². The van der Waals surface area contributed by atoms with Gasteiger partial charge < -0.3 is 20.1 Å². The molecule has 0 bridgehead atoms. The Morgan fingerprint density at radius 1 is 0.365 bits per heavy atom. The number of carbonyl (C=O) groups is 2. The molecule has 9 nitrogen and oxygen atoms in total. The van der Waals surface area contributed by atoms with Crippen molar-refractivity contribution in [2.24, 2.45) is 5.73 Å². The van der Waals surface area contributed by atoms with Crippen LogP contribution in [0.15, 0.2) is 97.2 Å². The van der Waals surface area contributed by atoms with E-state index < -0.39 is 26.5 Å². The van der Waals surface area contributed by atoms with Crippen molar-refractivity contribution in [1.29, 1.82) is 0 Å². The maximum atomic E-state index is 12.7. The summed E-state index contributed by atoms with van der Waals surface area (Å²) in [5.41, 5.74) is 5.40. The molecule has 0 rings (SSSR count). The van der Waals surface area contributed by atoms with Crippen LogP contribution in [-0.4, -0.2) is 49.3 Å². The third-order valence-corrected chi connectivity index (χ3v) is 16.4. The molecule has 0 fully saturated rings. The van der Waals surface area contributed by atoms with E-state index in [0.29, 0.717) is 6.42 Å². The number of rotatable bonds is 67. The number of unbranched alkanes of at least 4 members (excludes halogenated alkanes) is 38. The van der Waals surface area contributed by atoms with Gasteiger partial charge in [-0.05, 0) is 96.3 Å². The van der Waals surface area contributed by atoms with Gasteiger partial charge in [-0.3, -0.25) is 18.6 Å². The van der Waals surface area contributed by atoms with Crippen LogP contribution >= 0.6 is 7.82 Å². The molecule has 0 aromatic heterocycles. The highest BCUT2D eigenvalue weighted by Crippen LogP contribution is 2.43. The first kappa shape index (κ1) is 81.9. The quantitative estimate of drug-likeness (QED) is 0.0264. The Morgan fingerprint density at radius 2 is 0.647 bits per heavy atom. The van der Waals surface area contributed by atoms with E-state index in [1.165, 1.54) is 205 Å². The van der Waals surface area contributed by atoms with Gasteiger partial charge >= 0.3 is 19.8 Å². The Hall–Kier alpha value is -3.07. The summed E-state index contributed by atoms with van der Waals surface area (Å²) in [6.45, 7) is 3.64. The molecule has 0 radical (unpaired) electrons. The van der Waals surface area contributed by atoms with Crippen LogP contribution in [-0.2, 0) is 32.7 Å². The fourth-order valence-corrected chi connectivity index (χ4v) is 11.0. The van der Waals surface area contributed by atoms with E-state index in [2.05, 4.69) is 111 Å². The summed E-state index contributed by atoms with van der Waals surface area (Å²) in [7, 11) is -4.40. The minimum absolute atomic E-state index is 0.0464. The summed E-state index contributed by atoms with van der Waals surface area (Å²) in [6, 6.07) is 0. The van der Waals surface area contributed by atoms with Crippen molar-refractivity contribution in [3.63, 3.8) is 0 Å². The van der Waals surface area contributed by atoms with Gasteiger partial charge in [-0.2, -0.15) is 0 Å². The Bertz CT molecular complexity index is 1720. The van der Waals surface area contributed by atoms with Gasteiger partial charge in [0.25, 0.3) is 0 Å². The first-order valence-corrected chi connectivity index (χ1v) is 37.2. The SMILES string of the molecule is CC/C=C\C/C=C\C/C=C\C/C=C\C/C=C\C/C=C\C/C=C\CCCCCCCC(=O)OC(COC(=O)CCCCCCCCCCCCCCCCCCCCCCCCCCC/C=C\CCCCCCCCCC)COP(=O)(O)OCCN. The van der Waals surface area contributed by atoms with E-state index in [4.69, 9.17) is 24.3 Å². The van der Waals surface area contributed by atoms with Crippen LogP contribution in [0, 0.1) is 0 Å². The molecule has 0 aromatic rings. The first-order valence-electron chi connectivity index (χ1n) is 35.7. The topological polar surface area (TPSA) is 134 Å². The highest BCUT2D eigenvalue weighted by Gasteiger charge is 2.26. The smallest absolute Gasteiger partial charge is 0.462 e. The third kappa shape index (κ3) is 69.9. The summed E-state index contributed by atoms with van der Waals surface area (Å²) < 4.78 is 33.2. The van der Waals surface area contributed by atoms with Gasteiger partial charge in [0, 0.05) is 19.4 Å². The Balaban J connectivity index is 3.86. The molecule has 0 saturated heterocycles. The molecule has 0 saturated carbocycles. The van der Waals surface area contributed by atoms with E-state index in [1.807, 2.05) is 0 Å². The number of nitrogens with two attached hydrogens (primary N) is 1. The molecule has 0 spiro atoms. The fourth-order valence-electron chi connectivity index (χ4n) is 10.2. The van der Waals surface area contributed by atoms with Crippen molar-refractivity contribution in [3.8, 4) is 0 Å². The number of carbonyl (C=O) groups excluding carboxylic acids is 2. The predicted octanol–water partition coefficient (Wildman–Crippen LogP) is 23.5. The highest BCUT2D eigenvalue weighted by molar-refractivity contribution is 7.47. The number of hydrogen-bond acceptors (Lipinski definition) is 8. The molecule has 0 aromatic carbocycles. The monoisotopic (exact) mass is 1210 g/mol. The van der Waals surface area contributed by atoms with Crippen LogP contribution in [0.4, 0.5) is 0 Å². The molecule has 85 heavy (non-hydrogen) atoms. The zero-order valence-corrected chi connectivity index (χ0v) is 56.2. The Morgan fingerprint density at radius 3 is 0.976 bits per heavy atom. The number of ether oxygens (including phenoxy) is 2. The van der Waals surface area contributed by atoms with E-state index in [0.717, 1.165) is 96.3 Å². The van der Waals surface area contributed by atoms with Crippen molar-refractivity contribution in [1.82, 2.24) is 0 Å². The lowest BCUT2D eigenvalue weighted by Crippen LogP contribution is -2.29. The van der Waals surface area contributed by atoms with Gasteiger partial charge in [-0.15, -0.1) is 0 Å². The van der Waals surface area contributed by atoms with Crippen molar-refractivity contribution >= 4 is 19.8 Å². The van der Waals surface area contributed by atoms with Crippen LogP contribution < -0.4 is 5.73 Å². The van der Waals surface area contributed by atoms with Gasteiger partial charge in [0.2, 0.25) is 0 Å². The third-order valence-electron chi connectivity index (χ3n) is 15.5. The molecule has 492 valence electrons. The molecule has 0 amide bonds. The lowest BCUT2D eigenvalue weighted by molar-refractivity contribution is -0.161. The van der Waals surface area contributed by atoms with Gasteiger partial charge in [0.1, 0.15) is 6.61 Å². The lowest BCUT2D eigenvalue weighted by atomic mass is 10.0. The van der Waals surface area contributed by atoms with Gasteiger partial charge in [0.05, 0.1) is 13.2 Å². The first-order chi connectivity index (χ1) is 41.8. The molecular formula is C75H134NO8P. The molecule has 0 aliphatic carbocycles. The van der Waals surface area contributed by atoms with Crippen LogP contribution in [0.2, 0.25) is 0 Å². The minimum atomic E-state index is -4.40. The number of allylic oxidation sites excluding steroid dienone is 16. The van der Waals surface area contributed by atoms with Crippen LogP contribution in [0.3, 0.4) is 0 Å².